The average Bonchev–Trinajstić information content (AvgIpc) is 3.80. The molecule has 0 fully saturated rings. The molecule has 50 heavy (non-hydrogen) atoms. The zero-order valence-corrected chi connectivity index (χ0v) is 28.7. The number of ketones is 4. The third kappa shape index (κ3) is 10.7. The molecule has 2 aromatic rings. The predicted octanol–water partition coefficient (Wildman–Crippen LogP) is 1.33. The number of rotatable bonds is 20. The van der Waals surface area contributed by atoms with Crippen molar-refractivity contribution in [1.29, 1.82) is 0 Å². The summed E-state index contributed by atoms with van der Waals surface area (Å²) in [6.07, 6.45) is 0.0596. The Morgan fingerprint density at radius 2 is 1.28 bits per heavy atom. The number of benzene rings is 2. The van der Waals surface area contributed by atoms with Crippen LogP contribution in [0.4, 0.5) is 11.4 Å². The normalized spacial score (nSPS) is 15.3. The minimum absolute atomic E-state index is 0.0625. The van der Waals surface area contributed by atoms with Gasteiger partial charge in [0, 0.05) is 48.7 Å². The summed E-state index contributed by atoms with van der Waals surface area (Å²) >= 11 is 0. The summed E-state index contributed by atoms with van der Waals surface area (Å²) in [7, 11) is 0. The number of Topliss-reactive ketones (excluding diaryl/α,β-unsaturated/α-hetero) is 4. The second-order valence-electron chi connectivity index (χ2n) is 12.7. The van der Waals surface area contributed by atoms with Crippen LogP contribution in [0, 0.1) is 9.81 Å². The zero-order chi connectivity index (χ0) is 36.9. The van der Waals surface area contributed by atoms with Crippen molar-refractivity contribution in [2.24, 2.45) is 10.4 Å². The molecule has 2 aromatic carbocycles. The van der Waals surface area contributed by atoms with Gasteiger partial charge >= 0.3 is 0 Å². The van der Waals surface area contributed by atoms with Crippen LogP contribution in [0.3, 0.4) is 0 Å². The van der Waals surface area contributed by atoms with Crippen LogP contribution in [0.5, 0.6) is 11.5 Å². The maximum Gasteiger partial charge on any atom is 0.230 e. The van der Waals surface area contributed by atoms with Crippen molar-refractivity contribution >= 4 is 34.5 Å². The third-order valence-electron chi connectivity index (χ3n) is 8.29. The number of nitroso groups, excluding NO2 is 2. The highest BCUT2D eigenvalue weighted by Gasteiger charge is 2.39. The molecular formula is C34H46N6O10. The van der Waals surface area contributed by atoms with E-state index in [1.807, 2.05) is 36.4 Å². The summed E-state index contributed by atoms with van der Waals surface area (Å²) < 4.78 is 11.3. The Kier molecular flexibility index (Phi) is 14.6. The van der Waals surface area contributed by atoms with Crippen LogP contribution in [-0.2, 0) is 32.0 Å². The van der Waals surface area contributed by atoms with E-state index in [-0.39, 0.29) is 39.4 Å². The molecule has 0 bridgehead atoms. The van der Waals surface area contributed by atoms with E-state index in [1.165, 1.54) is 20.8 Å². The maximum absolute atomic E-state index is 11.9. The first-order valence-electron chi connectivity index (χ1n) is 16.3. The first-order chi connectivity index (χ1) is 23.7. The Labute approximate surface area is 290 Å². The van der Waals surface area contributed by atoms with E-state index in [9.17, 15) is 39.2 Å². The first kappa shape index (κ1) is 39.8. The molecule has 3 unspecified atom stereocenters. The molecular weight excluding hydrogens is 652 g/mol. The van der Waals surface area contributed by atoms with Crippen molar-refractivity contribution in [3.8, 4) is 11.5 Å². The van der Waals surface area contributed by atoms with Crippen molar-refractivity contribution < 1.29 is 38.9 Å². The second-order valence-corrected chi connectivity index (χ2v) is 12.7. The molecule has 0 aromatic heterocycles. The standard InChI is InChI=1S/2C17H23N3O5/c1-17(2,20-24)16(23)14(22)9-18-8-11(21)10-25-15-5-3-4-13-12(15)6-7-19-13;1-11(21)17(2,20-24)16(23)9-18-8-12(22)10-25-15-5-3-4-14-13(15)6-7-19-14/h3-5,11,18-19,21H,6-10H2,1-2H3;3-5,12,18-19,22H,6-10H2,1-2H3. The molecule has 0 saturated heterocycles. The van der Waals surface area contributed by atoms with Gasteiger partial charge < -0.3 is 41.0 Å². The lowest BCUT2D eigenvalue weighted by atomic mass is 9.93. The van der Waals surface area contributed by atoms with Crippen molar-refractivity contribution in [2.45, 2.75) is 63.8 Å². The van der Waals surface area contributed by atoms with Gasteiger partial charge in [0.25, 0.3) is 0 Å². The van der Waals surface area contributed by atoms with E-state index < -0.39 is 46.4 Å². The zero-order valence-electron chi connectivity index (χ0n) is 28.7. The van der Waals surface area contributed by atoms with Crippen molar-refractivity contribution in [2.75, 3.05) is 63.1 Å². The lowest BCUT2D eigenvalue weighted by Crippen LogP contribution is -2.46. The molecule has 4 rings (SSSR count). The van der Waals surface area contributed by atoms with Gasteiger partial charge in [-0.3, -0.25) is 19.2 Å². The van der Waals surface area contributed by atoms with Gasteiger partial charge in [0.15, 0.2) is 17.1 Å². The maximum atomic E-state index is 11.9. The van der Waals surface area contributed by atoms with Gasteiger partial charge in [0.05, 0.1) is 13.1 Å². The summed E-state index contributed by atoms with van der Waals surface area (Å²) in [6.45, 7) is 6.44. The summed E-state index contributed by atoms with van der Waals surface area (Å²) in [5, 5.41) is 37.1. The topological polar surface area (TPSA) is 234 Å². The predicted molar refractivity (Wildman–Crippen MR) is 186 cm³/mol. The molecule has 0 spiro atoms. The molecule has 6 N–H and O–H groups in total. The number of nitrogens with zero attached hydrogens (tertiary/aromatic N) is 2. The van der Waals surface area contributed by atoms with Crippen LogP contribution in [0.1, 0.15) is 38.8 Å². The Morgan fingerprint density at radius 3 is 1.72 bits per heavy atom. The Hall–Kier alpha value is -4.64. The number of hydrogen-bond donors (Lipinski definition) is 6. The number of carbonyl (C=O) groups excluding carboxylic acids is 4. The number of hydrogen-bond acceptors (Lipinski definition) is 16. The molecule has 2 aliphatic rings. The second kappa shape index (κ2) is 18.4. The highest BCUT2D eigenvalue weighted by atomic mass is 16.5. The highest BCUT2D eigenvalue weighted by molar-refractivity contribution is 6.41. The molecule has 0 amide bonds. The summed E-state index contributed by atoms with van der Waals surface area (Å²) in [6, 6.07) is 11.4. The van der Waals surface area contributed by atoms with E-state index in [4.69, 9.17) is 9.47 Å². The highest BCUT2D eigenvalue weighted by Crippen LogP contribution is 2.32. The van der Waals surface area contributed by atoms with Crippen molar-refractivity contribution in [1.82, 2.24) is 10.6 Å². The molecule has 16 nitrogen and oxygen atoms in total. The fraction of sp³-hybridized carbons (Fsp3) is 0.529. The van der Waals surface area contributed by atoms with Crippen LogP contribution in [0.25, 0.3) is 0 Å². The van der Waals surface area contributed by atoms with E-state index in [0.29, 0.717) is 0 Å². The quantitative estimate of drug-likeness (QED) is 0.0651. The fourth-order valence-corrected chi connectivity index (χ4v) is 5.03. The molecule has 3 atom stereocenters. The summed E-state index contributed by atoms with van der Waals surface area (Å²) in [4.78, 5) is 68.0. The first-order valence-corrected chi connectivity index (χ1v) is 16.3. The van der Waals surface area contributed by atoms with Gasteiger partial charge in [0.2, 0.25) is 17.1 Å². The molecule has 272 valence electrons. The Balaban J connectivity index is 0.000000270. The van der Waals surface area contributed by atoms with Crippen LogP contribution >= 0.6 is 0 Å². The molecule has 2 aliphatic heterocycles. The minimum atomic E-state index is -1.88. The third-order valence-corrected chi connectivity index (χ3v) is 8.29. The lowest BCUT2D eigenvalue weighted by molar-refractivity contribution is -0.138. The molecule has 16 heteroatoms. The van der Waals surface area contributed by atoms with Gasteiger partial charge in [-0.1, -0.05) is 17.3 Å². The number of aliphatic hydroxyl groups is 2. The van der Waals surface area contributed by atoms with E-state index >= 15 is 0 Å². The Morgan fingerprint density at radius 1 is 0.800 bits per heavy atom. The smallest absolute Gasteiger partial charge is 0.230 e. The molecule has 0 radical (unpaired) electrons. The summed E-state index contributed by atoms with van der Waals surface area (Å²) in [5.41, 5.74) is 0.814. The van der Waals surface area contributed by atoms with E-state index in [0.717, 1.165) is 66.9 Å². The average molecular weight is 699 g/mol. The largest absolute Gasteiger partial charge is 0.490 e. The van der Waals surface area contributed by atoms with Gasteiger partial charge in [0.1, 0.15) is 36.9 Å². The molecule has 0 aliphatic carbocycles. The van der Waals surface area contributed by atoms with Crippen molar-refractivity contribution in [3.63, 3.8) is 0 Å². The molecule has 2 heterocycles. The van der Waals surface area contributed by atoms with Gasteiger partial charge in [-0.15, -0.1) is 9.81 Å². The number of ether oxygens (including phenoxy) is 2. The van der Waals surface area contributed by atoms with Crippen LogP contribution in [0.2, 0.25) is 0 Å². The number of aliphatic hydroxyl groups excluding tert-OH is 2. The number of nitrogens with one attached hydrogen (secondary N) is 4. The van der Waals surface area contributed by atoms with Crippen LogP contribution in [-0.4, -0.2) is 109 Å². The monoisotopic (exact) mass is 698 g/mol. The minimum Gasteiger partial charge on any atom is -0.490 e. The lowest BCUT2D eigenvalue weighted by Gasteiger charge is -2.18. The van der Waals surface area contributed by atoms with E-state index in [1.54, 1.807) is 0 Å². The SMILES string of the molecule is CC(=O)C(C)(N=O)C(=O)CNCC(O)COc1cccc2c1CCN2.CC(C)(N=O)C(=O)C(=O)CNCC(O)COc1cccc2c1CCN2. The molecule has 0 saturated carbocycles. The fourth-order valence-electron chi connectivity index (χ4n) is 5.03. The van der Waals surface area contributed by atoms with Gasteiger partial charge in [-0.25, -0.2) is 0 Å². The number of fused-ring (bicyclic) bond motifs is 2. The Bertz CT molecular complexity index is 1550. The van der Waals surface area contributed by atoms with Crippen LogP contribution in [0.15, 0.2) is 46.8 Å². The number of anilines is 2. The van der Waals surface area contributed by atoms with Crippen LogP contribution < -0.4 is 30.7 Å². The van der Waals surface area contributed by atoms with E-state index in [2.05, 4.69) is 31.6 Å². The van der Waals surface area contributed by atoms with Gasteiger partial charge in [-0.05, 0) is 70.0 Å². The number of carbonyl (C=O) groups is 4. The van der Waals surface area contributed by atoms with Crippen molar-refractivity contribution in [3.05, 3.63) is 57.3 Å². The van der Waals surface area contributed by atoms with Gasteiger partial charge in [-0.2, -0.15) is 0 Å². The summed E-state index contributed by atoms with van der Waals surface area (Å²) in [5.74, 6) is -1.38.